The van der Waals surface area contributed by atoms with E-state index in [2.05, 4.69) is 0 Å². The van der Waals surface area contributed by atoms with Gasteiger partial charge in [-0.25, -0.2) is 8.42 Å². The summed E-state index contributed by atoms with van der Waals surface area (Å²) in [6.07, 6.45) is 0. The lowest BCUT2D eigenvalue weighted by molar-refractivity contribution is -0.137. The fourth-order valence-electron chi connectivity index (χ4n) is 1.95. The number of carbonyl (C=O) groups is 2. The van der Waals surface area contributed by atoms with Crippen LogP contribution in [0.4, 0.5) is 0 Å². The van der Waals surface area contributed by atoms with E-state index in [1.54, 1.807) is 24.3 Å². The molecular formula is C14H18O5S. The van der Waals surface area contributed by atoms with Crippen LogP contribution in [0.5, 0.6) is 0 Å². The summed E-state index contributed by atoms with van der Waals surface area (Å²) >= 11 is 0. The molecule has 1 atom stereocenters. The molecule has 0 heterocycles. The monoisotopic (exact) mass is 298 g/mol. The molecular weight excluding hydrogens is 280 g/mol. The fraction of sp³-hybridized carbons (Fsp3) is 0.429. The van der Waals surface area contributed by atoms with Gasteiger partial charge >= 0.3 is 5.97 Å². The summed E-state index contributed by atoms with van der Waals surface area (Å²) in [4.78, 5) is 23.0. The summed E-state index contributed by atoms with van der Waals surface area (Å²) in [6.45, 7) is 4.86. The molecule has 1 rings (SSSR count). The van der Waals surface area contributed by atoms with Crippen LogP contribution in [0.25, 0.3) is 0 Å². The topological polar surface area (TPSA) is 88.5 Å². The quantitative estimate of drug-likeness (QED) is 0.807. The Morgan fingerprint density at radius 1 is 1.15 bits per heavy atom. The molecule has 1 unspecified atom stereocenters. The molecule has 6 heteroatoms. The van der Waals surface area contributed by atoms with Crippen LogP contribution in [0.1, 0.15) is 29.8 Å². The van der Waals surface area contributed by atoms with Crippen LogP contribution in [-0.4, -0.2) is 36.3 Å². The van der Waals surface area contributed by atoms with Crippen molar-refractivity contribution in [2.75, 3.05) is 5.75 Å². The number of aliphatic carboxylic acids is 1. The van der Waals surface area contributed by atoms with E-state index in [4.69, 9.17) is 5.11 Å². The SMILES string of the molecule is Cc1ccc(C(=O)CS(=O)(=O)C(C(=O)O)C(C)C)cc1. The van der Waals surface area contributed by atoms with Crippen LogP contribution < -0.4 is 0 Å². The lowest BCUT2D eigenvalue weighted by Gasteiger charge is -2.16. The predicted octanol–water partition coefficient (Wildman–Crippen LogP) is 1.70. The molecule has 0 aliphatic rings. The Labute approximate surface area is 118 Å². The Bertz CT molecular complexity index is 599. The third-order valence-electron chi connectivity index (χ3n) is 2.94. The molecule has 20 heavy (non-hydrogen) atoms. The second-order valence-electron chi connectivity index (χ2n) is 5.10. The molecule has 0 saturated heterocycles. The Morgan fingerprint density at radius 2 is 1.65 bits per heavy atom. The highest BCUT2D eigenvalue weighted by Gasteiger charge is 2.36. The van der Waals surface area contributed by atoms with Gasteiger partial charge in [0.1, 0.15) is 5.75 Å². The van der Waals surface area contributed by atoms with Crippen LogP contribution >= 0.6 is 0 Å². The first-order valence-electron chi connectivity index (χ1n) is 6.19. The molecule has 0 amide bonds. The molecule has 0 spiro atoms. The van der Waals surface area contributed by atoms with Crippen LogP contribution in [0.15, 0.2) is 24.3 Å². The van der Waals surface area contributed by atoms with Crippen molar-refractivity contribution in [3.63, 3.8) is 0 Å². The largest absolute Gasteiger partial charge is 0.480 e. The van der Waals surface area contributed by atoms with E-state index in [1.807, 2.05) is 6.92 Å². The molecule has 0 fully saturated rings. The molecule has 1 aromatic rings. The van der Waals surface area contributed by atoms with Gasteiger partial charge in [-0.3, -0.25) is 9.59 Å². The first-order valence-corrected chi connectivity index (χ1v) is 7.91. The lowest BCUT2D eigenvalue weighted by atomic mass is 10.1. The van der Waals surface area contributed by atoms with E-state index in [9.17, 15) is 18.0 Å². The van der Waals surface area contributed by atoms with Crippen molar-refractivity contribution in [2.24, 2.45) is 5.92 Å². The summed E-state index contributed by atoms with van der Waals surface area (Å²) in [7, 11) is -4.03. The highest BCUT2D eigenvalue weighted by Crippen LogP contribution is 2.16. The Kier molecular flexibility index (Phi) is 5.05. The van der Waals surface area contributed by atoms with Crippen molar-refractivity contribution in [1.29, 1.82) is 0 Å². The number of rotatable bonds is 6. The van der Waals surface area contributed by atoms with Gasteiger partial charge in [-0.05, 0) is 12.8 Å². The van der Waals surface area contributed by atoms with E-state index in [0.717, 1.165) is 5.56 Å². The average molecular weight is 298 g/mol. The van der Waals surface area contributed by atoms with Crippen LogP contribution in [0.2, 0.25) is 0 Å². The molecule has 0 radical (unpaired) electrons. The number of ketones is 1. The summed E-state index contributed by atoms with van der Waals surface area (Å²) in [5, 5.41) is 7.45. The van der Waals surface area contributed by atoms with Gasteiger partial charge in [0, 0.05) is 5.56 Å². The van der Waals surface area contributed by atoms with Crippen molar-refractivity contribution in [3.8, 4) is 0 Å². The summed E-state index contributed by atoms with van der Waals surface area (Å²) in [5.41, 5.74) is 1.22. The van der Waals surface area contributed by atoms with Crippen molar-refractivity contribution in [2.45, 2.75) is 26.0 Å². The maximum atomic E-state index is 12.1. The van der Waals surface area contributed by atoms with Crippen LogP contribution in [0, 0.1) is 12.8 Å². The minimum atomic E-state index is -4.03. The van der Waals surface area contributed by atoms with Crippen molar-refractivity contribution in [1.82, 2.24) is 0 Å². The molecule has 0 saturated carbocycles. The van der Waals surface area contributed by atoms with Crippen molar-refractivity contribution >= 4 is 21.6 Å². The van der Waals surface area contributed by atoms with Crippen LogP contribution in [0.3, 0.4) is 0 Å². The number of carboxylic acid groups (broad SMARTS) is 1. The Morgan fingerprint density at radius 3 is 2.05 bits per heavy atom. The summed E-state index contributed by atoms with van der Waals surface area (Å²) in [5.74, 6) is -3.39. The van der Waals surface area contributed by atoms with Gasteiger partial charge in [0.25, 0.3) is 0 Å². The van der Waals surface area contributed by atoms with Gasteiger partial charge in [-0.15, -0.1) is 0 Å². The second kappa shape index (κ2) is 6.17. The number of sulfone groups is 1. The van der Waals surface area contributed by atoms with Gasteiger partial charge in [0.05, 0.1) is 0 Å². The predicted molar refractivity (Wildman–Crippen MR) is 75.6 cm³/mol. The molecule has 0 aromatic heterocycles. The maximum absolute atomic E-state index is 12.1. The van der Waals surface area contributed by atoms with E-state index >= 15 is 0 Å². The number of hydrogen-bond donors (Lipinski definition) is 1. The molecule has 0 aliphatic carbocycles. The number of carboxylic acids is 1. The molecule has 110 valence electrons. The van der Waals surface area contributed by atoms with Crippen molar-refractivity contribution < 1.29 is 23.1 Å². The maximum Gasteiger partial charge on any atom is 0.322 e. The molecule has 0 aliphatic heterocycles. The van der Waals surface area contributed by atoms with E-state index in [0.29, 0.717) is 0 Å². The number of carbonyl (C=O) groups excluding carboxylic acids is 1. The van der Waals surface area contributed by atoms with Gasteiger partial charge in [0.2, 0.25) is 0 Å². The average Bonchev–Trinajstić information content (AvgIpc) is 2.26. The fourth-order valence-corrected chi connectivity index (χ4v) is 3.80. The number of aryl methyl sites for hydroxylation is 1. The zero-order valence-electron chi connectivity index (χ0n) is 11.7. The standard InChI is InChI=1S/C14H18O5S/c1-9(2)13(14(16)17)20(18,19)8-12(15)11-6-4-10(3)5-7-11/h4-7,9,13H,8H2,1-3H3,(H,16,17). The molecule has 1 aromatic carbocycles. The van der Waals surface area contributed by atoms with Crippen LogP contribution in [-0.2, 0) is 14.6 Å². The Hall–Kier alpha value is -1.69. The van der Waals surface area contributed by atoms with E-state index < -0.39 is 38.5 Å². The highest BCUT2D eigenvalue weighted by atomic mass is 32.2. The Balaban J connectivity index is 2.98. The van der Waals surface area contributed by atoms with Crippen molar-refractivity contribution in [3.05, 3.63) is 35.4 Å². The third-order valence-corrected chi connectivity index (χ3v) is 5.13. The van der Waals surface area contributed by atoms with Gasteiger partial charge < -0.3 is 5.11 Å². The zero-order valence-corrected chi connectivity index (χ0v) is 12.5. The first kappa shape index (κ1) is 16.4. The molecule has 5 nitrogen and oxygen atoms in total. The number of Topliss-reactive ketones (excluding diaryl/α,β-unsaturated/α-hetero) is 1. The molecule has 1 N–H and O–H groups in total. The lowest BCUT2D eigenvalue weighted by Crippen LogP contribution is -2.38. The van der Waals surface area contributed by atoms with Gasteiger partial charge in [-0.1, -0.05) is 43.7 Å². The first-order chi connectivity index (χ1) is 9.15. The third kappa shape index (κ3) is 3.90. The second-order valence-corrected chi connectivity index (χ2v) is 7.22. The molecule has 0 bridgehead atoms. The number of benzene rings is 1. The minimum absolute atomic E-state index is 0.270. The summed E-state index contributed by atoms with van der Waals surface area (Å²) in [6, 6.07) is 6.49. The highest BCUT2D eigenvalue weighted by molar-refractivity contribution is 7.93. The smallest absolute Gasteiger partial charge is 0.322 e. The van der Waals surface area contributed by atoms with Gasteiger partial charge in [-0.2, -0.15) is 0 Å². The van der Waals surface area contributed by atoms with E-state index in [1.165, 1.54) is 13.8 Å². The van der Waals surface area contributed by atoms with E-state index in [-0.39, 0.29) is 5.56 Å². The minimum Gasteiger partial charge on any atom is -0.480 e. The number of hydrogen-bond acceptors (Lipinski definition) is 4. The summed E-state index contributed by atoms with van der Waals surface area (Å²) < 4.78 is 24.1. The zero-order chi connectivity index (χ0) is 15.5. The normalized spacial score (nSPS) is 13.2. The van der Waals surface area contributed by atoms with Gasteiger partial charge in [0.15, 0.2) is 20.9 Å².